The molecule has 2 aromatic rings. The van der Waals surface area contributed by atoms with Crippen molar-refractivity contribution in [3.8, 4) is 0 Å². The first kappa shape index (κ1) is 16.7. The fraction of sp³-hybridized carbons (Fsp3) is 0.0588. The number of benzene rings is 2. The molecule has 0 unspecified atom stereocenters. The minimum atomic E-state index is -0.395. The van der Waals surface area contributed by atoms with E-state index in [1.54, 1.807) is 12.1 Å². The number of anilines is 1. The summed E-state index contributed by atoms with van der Waals surface area (Å²) in [5, 5.41) is 2.69. The van der Waals surface area contributed by atoms with E-state index in [1.807, 2.05) is 24.3 Å². The van der Waals surface area contributed by atoms with Crippen molar-refractivity contribution in [3.05, 3.63) is 69.3 Å². The predicted octanol–water partition coefficient (Wildman–Crippen LogP) is 4.69. The molecule has 122 valence electrons. The fourth-order valence-corrected chi connectivity index (χ4v) is 3.42. The highest BCUT2D eigenvalue weighted by Crippen LogP contribution is 2.32. The van der Waals surface area contributed by atoms with Gasteiger partial charge in [0.2, 0.25) is 0 Å². The Morgan fingerprint density at radius 3 is 2.71 bits per heavy atom. The lowest BCUT2D eigenvalue weighted by Gasteiger charge is -2.15. The lowest BCUT2D eigenvalue weighted by atomic mass is 10.2. The van der Waals surface area contributed by atoms with Crippen LogP contribution in [0, 0.1) is 5.82 Å². The maximum Gasteiger partial charge on any atom is 0.295 e. The number of carbonyl (C=O) groups excluding carboxylic acids is 2. The lowest BCUT2D eigenvalue weighted by molar-refractivity contribution is -0.122. The molecule has 1 aliphatic heterocycles. The van der Waals surface area contributed by atoms with Crippen LogP contribution in [0.4, 0.5) is 14.9 Å². The number of hydrogen-bond acceptors (Lipinski definition) is 4. The Morgan fingerprint density at radius 1 is 1.17 bits per heavy atom. The number of amides is 2. The summed E-state index contributed by atoms with van der Waals surface area (Å²) in [5.74, 6) is -0.785. The molecule has 0 atom stereocenters. The molecule has 4 nitrogen and oxygen atoms in total. The van der Waals surface area contributed by atoms with Crippen LogP contribution in [0.2, 0.25) is 0 Å². The van der Waals surface area contributed by atoms with Gasteiger partial charge in [0.25, 0.3) is 11.1 Å². The Morgan fingerprint density at radius 2 is 1.96 bits per heavy atom. The van der Waals surface area contributed by atoms with Crippen LogP contribution in [0.3, 0.4) is 0 Å². The van der Waals surface area contributed by atoms with Crippen LogP contribution < -0.4 is 5.32 Å². The molecule has 24 heavy (non-hydrogen) atoms. The number of nitrogens with one attached hydrogen (secondary N) is 1. The average molecular weight is 407 g/mol. The highest BCUT2D eigenvalue weighted by molar-refractivity contribution is 9.10. The van der Waals surface area contributed by atoms with Gasteiger partial charge in [-0.05, 0) is 63.6 Å². The van der Waals surface area contributed by atoms with Gasteiger partial charge < -0.3 is 5.32 Å². The monoisotopic (exact) mass is 406 g/mol. The number of para-hydroxylation sites is 1. The van der Waals surface area contributed by atoms with E-state index in [9.17, 15) is 14.0 Å². The summed E-state index contributed by atoms with van der Waals surface area (Å²) in [5.41, 5.74) is 1.32. The molecule has 1 heterocycles. The van der Waals surface area contributed by atoms with Crippen molar-refractivity contribution in [1.82, 2.24) is 4.90 Å². The van der Waals surface area contributed by atoms with Crippen LogP contribution in [0.25, 0.3) is 6.08 Å². The van der Waals surface area contributed by atoms with E-state index in [0.717, 1.165) is 26.8 Å². The first-order valence-electron chi connectivity index (χ1n) is 7.04. The second kappa shape index (κ2) is 7.19. The molecule has 2 amide bonds. The van der Waals surface area contributed by atoms with Gasteiger partial charge in [-0.2, -0.15) is 0 Å². The zero-order chi connectivity index (χ0) is 17.1. The summed E-state index contributed by atoms with van der Waals surface area (Å²) in [6.07, 6.45) is 1.52. The third-order valence-corrected chi connectivity index (χ3v) is 4.92. The third kappa shape index (κ3) is 3.68. The number of imide groups is 1. The van der Waals surface area contributed by atoms with Crippen molar-refractivity contribution in [2.24, 2.45) is 0 Å². The van der Waals surface area contributed by atoms with Gasteiger partial charge in [-0.25, -0.2) is 4.39 Å². The number of hydrogen-bond donors (Lipinski definition) is 1. The standard InChI is InChI=1S/C17H12BrFN2O2S/c18-13-6-1-2-7-14(13)20-10-21-16(22)15(24-17(21)23)9-11-4-3-5-12(19)8-11/h1-9,20H,10H2. The minimum absolute atomic E-state index is 0.0633. The Kier molecular flexibility index (Phi) is 5.01. The van der Waals surface area contributed by atoms with Crippen LogP contribution >= 0.6 is 27.7 Å². The van der Waals surface area contributed by atoms with E-state index in [4.69, 9.17) is 0 Å². The van der Waals surface area contributed by atoms with E-state index in [0.29, 0.717) is 5.56 Å². The lowest BCUT2D eigenvalue weighted by Crippen LogP contribution is -2.33. The average Bonchev–Trinajstić information content (AvgIpc) is 2.81. The van der Waals surface area contributed by atoms with Crippen molar-refractivity contribution in [2.45, 2.75) is 0 Å². The summed E-state index contributed by atoms with van der Waals surface area (Å²) in [6.45, 7) is 0.0633. The Labute approximate surface area is 150 Å². The summed E-state index contributed by atoms with van der Waals surface area (Å²) in [7, 11) is 0. The van der Waals surface area contributed by atoms with Crippen molar-refractivity contribution >= 4 is 50.6 Å². The molecule has 0 bridgehead atoms. The van der Waals surface area contributed by atoms with Gasteiger partial charge in [0, 0.05) is 10.2 Å². The molecule has 1 N–H and O–H groups in total. The number of nitrogens with zero attached hydrogens (tertiary/aromatic N) is 1. The maximum atomic E-state index is 13.2. The quantitative estimate of drug-likeness (QED) is 0.747. The SMILES string of the molecule is O=C1SC(=Cc2cccc(F)c2)C(=O)N1CNc1ccccc1Br. The van der Waals surface area contributed by atoms with Gasteiger partial charge >= 0.3 is 0 Å². The smallest absolute Gasteiger partial charge is 0.295 e. The summed E-state index contributed by atoms with van der Waals surface area (Å²) in [6, 6.07) is 13.3. The van der Waals surface area contributed by atoms with Crippen molar-refractivity contribution in [2.75, 3.05) is 12.0 Å². The number of carbonyl (C=O) groups is 2. The largest absolute Gasteiger partial charge is 0.366 e. The highest BCUT2D eigenvalue weighted by Gasteiger charge is 2.34. The van der Waals surface area contributed by atoms with E-state index in [2.05, 4.69) is 21.2 Å². The van der Waals surface area contributed by atoms with Crippen molar-refractivity contribution < 1.29 is 14.0 Å². The van der Waals surface area contributed by atoms with E-state index in [-0.39, 0.29) is 16.8 Å². The number of thioether (sulfide) groups is 1. The van der Waals surface area contributed by atoms with Crippen LogP contribution in [0.5, 0.6) is 0 Å². The van der Waals surface area contributed by atoms with Crippen molar-refractivity contribution in [3.63, 3.8) is 0 Å². The molecule has 0 radical (unpaired) electrons. The van der Waals surface area contributed by atoms with Gasteiger partial charge in [0.05, 0.1) is 11.6 Å². The molecule has 3 rings (SSSR count). The first-order valence-corrected chi connectivity index (χ1v) is 8.65. The van der Waals surface area contributed by atoms with Gasteiger partial charge in [0.15, 0.2) is 0 Å². The Bertz CT molecular complexity index is 841. The highest BCUT2D eigenvalue weighted by atomic mass is 79.9. The van der Waals surface area contributed by atoms with Crippen LogP contribution in [-0.4, -0.2) is 22.7 Å². The molecular weight excluding hydrogens is 395 g/mol. The van der Waals surface area contributed by atoms with Crippen LogP contribution in [0.15, 0.2) is 57.9 Å². The van der Waals surface area contributed by atoms with Gasteiger partial charge in [-0.3, -0.25) is 14.5 Å². The summed E-state index contributed by atoms with van der Waals surface area (Å²) < 4.78 is 14.1. The van der Waals surface area contributed by atoms with Crippen LogP contribution in [0.1, 0.15) is 5.56 Å². The normalized spacial score (nSPS) is 16.1. The van der Waals surface area contributed by atoms with E-state index < -0.39 is 11.7 Å². The zero-order valence-electron chi connectivity index (χ0n) is 12.3. The van der Waals surface area contributed by atoms with Gasteiger partial charge in [-0.1, -0.05) is 24.3 Å². The number of rotatable bonds is 4. The molecule has 1 fully saturated rings. The fourth-order valence-electron chi connectivity index (χ4n) is 2.15. The van der Waals surface area contributed by atoms with Crippen LogP contribution in [-0.2, 0) is 4.79 Å². The molecular formula is C17H12BrFN2O2S. The molecule has 1 saturated heterocycles. The molecule has 0 aromatic heterocycles. The topological polar surface area (TPSA) is 49.4 Å². The third-order valence-electron chi connectivity index (χ3n) is 3.32. The Balaban J connectivity index is 1.73. The van der Waals surface area contributed by atoms with E-state index in [1.165, 1.54) is 18.2 Å². The zero-order valence-corrected chi connectivity index (χ0v) is 14.7. The molecule has 0 spiro atoms. The molecule has 1 aliphatic rings. The second-order valence-electron chi connectivity index (χ2n) is 4.98. The predicted molar refractivity (Wildman–Crippen MR) is 96.8 cm³/mol. The van der Waals surface area contributed by atoms with Gasteiger partial charge in [-0.15, -0.1) is 0 Å². The molecule has 0 saturated carbocycles. The molecule has 2 aromatic carbocycles. The molecule has 7 heteroatoms. The summed E-state index contributed by atoms with van der Waals surface area (Å²) >= 11 is 4.24. The second-order valence-corrected chi connectivity index (χ2v) is 6.83. The maximum absolute atomic E-state index is 13.2. The minimum Gasteiger partial charge on any atom is -0.366 e. The first-order chi connectivity index (χ1) is 11.5. The summed E-state index contributed by atoms with van der Waals surface area (Å²) in [4.78, 5) is 25.8. The number of halogens is 2. The Hall–Kier alpha value is -2.12. The molecule has 0 aliphatic carbocycles. The van der Waals surface area contributed by atoms with Crippen molar-refractivity contribution in [1.29, 1.82) is 0 Å². The van der Waals surface area contributed by atoms with E-state index >= 15 is 0 Å². The van der Waals surface area contributed by atoms with Gasteiger partial charge in [0.1, 0.15) is 5.82 Å².